The van der Waals surface area contributed by atoms with E-state index < -0.39 is 0 Å². The Hall–Kier alpha value is -1.22. The molecule has 1 fully saturated rings. The molecule has 19 heavy (non-hydrogen) atoms. The maximum Gasteiger partial charge on any atom is 0.322 e. The SMILES string of the molecule is Cc1ccc(NC(=O)N2[C@@H](C)CCC[C@@H]2C)cc1Cl. The molecule has 0 unspecified atom stereocenters. The fourth-order valence-electron chi connectivity index (χ4n) is 2.68. The van der Waals surface area contributed by atoms with Crippen molar-refractivity contribution >= 4 is 23.3 Å². The van der Waals surface area contributed by atoms with E-state index in [1.54, 1.807) is 6.07 Å². The van der Waals surface area contributed by atoms with Crippen LogP contribution in [0.2, 0.25) is 5.02 Å². The molecule has 1 aromatic rings. The fourth-order valence-corrected chi connectivity index (χ4v) is 2.86. The van der Waals surface area contributed by atoms with Gasteiger partial charge in [-0.25, -0.2) is 4.79 Å². The molecule has 1 saturated heterocycles. The zero-order chi connectivity index (χ0) is 14.0. The predicted octanol–water partition coefficient (Wildman–Crippen LogP) is 4.44. The molecule has 0 saturated carbocycles. The summed E-state index contributed by atoms with van der Waals surface area (Å²) in [4.78, 5) is 14.3. The summed E-state index contributed by atoms with van der Waals surface area (Å²) < 4.78 is 0. The number of hydrogen-bond donors (Lipinski definition) is 1. The third-order valence-corrected chi connectivity index (χ3v) is 4.26. The van der Waals surface area contributed by atoms with Crippen LogP contribution in [0.3, 0.4) is 0 Å². The highest BCUT2D eigenvalue weighted by Gasteiger charge is 2.28. The monoisotopic (exact) mass is 280 g/mol. The van der Waals surface area contributed by atoms with Crippen LogP contribution in [0, 0.1) is 6.92 Å². The van der Waals surface area contributed by atoms with Crippen molar-refractivity contribution in [2.45, 2.75) is 52.1 Å². The summed E-state index contributed by atoms with van der Waals surface area (Å²) in [7, 11) is 0. The number of carbonyl (C=O) groups is 1. The minimum Gasteiger partial charge on any atom is -0.319 e. The number of amides is 2. The average Bonchev–Trinajstić information content (AvgIpc) is 2.33. The molecule has 0 spiro atoms. The van der Waals surface area contributed by atoms with E-state index >= 15 is 0 Å². The van der Waals surface area contributed by atoms with Crippen molar-refractivity contribution in [2.75, 3.05) is 5.32 Å². The highest BCUT2D eigenvalue weighted by Crippen LogP contribution is 2.25. The first kappa shape index (κ1) is 14.2. The third kappa shape index (κ3) is 3.21. The van der Waals surface area contributed by atoms with Crippen molar-refractivity contribution in [1.82, 2.24) is 4.90 Å². The van der Waals surface area contributed by atoms with E-state index in [4.69, 9.17) is 11.6 Å². The van der Waals surface area contributed by atoms with Crippen molar-refractivity contribution in [3.8, 4) is 0 Å². The molecule has 0 bridgehead atoms. The fraction of sp³-hybridized carbons (Fsp3) is 0.533. The van der Waals surface area contributed by atoms with Crippen LogP contribution in [-0.4, -0.2) is 23.0 Å². The Balaban J connectivity index is 2.09. The second kappa shape index (κ2) is 5.83. The van der Waals surface area contributed by atoms with Crippen molar-refractivity contribution in [3.05, 3.63) is 28.8 Å². The average molecular weight is 281 g/mol. The highest BCUT2D eigenvalue weighted by molar-refractivity contribution is 6.31. The zero-order valence-electron chi connectivity index (χ0n) is 11.7. The third-order valence-electron chi connectivity index (χ3n) is 3.85. The number of likely N-dealkylation sites (tertiary alicyclic amines) is 1. The second-order valence-electron chi connectivity index (χ2n) is 5.43. The van der Waals surface area contributed by atoms with Gasteiger partial charge in [0.1, 0.15) is 0 Å². The first-order valence-electron chi connectivity index (χ1n) is 6.84. The molecule has 2 amide bonds. The minimum absolute atomic E-state index is 0.0281. The largest absolute Gasteiger partial charge is 0.322 e. The smallest absolute Gasteiger partial charge is 0.319 e. The van der Waals surface area contributed by atoms with Gasteiger partial charge >= 0.3 is 6.03 Å². The van der Waals surface area contributed by atoms with Gasteiger partial charge in [0.15, 0.2) is 0 Å². The number of nitrogens with zero attached hydrogens (tertiary/aromatic N) is 1. The number of hydrogen-bond acceptors (Lipinski definition) is 1. The van der Waals surface area contributed by atoms with Crippen molar-refractivity contribution in [1.29, 1.82) is 0 Å². The molecule has 1 heterocycles. The van der Waals surface area contributed by atoms with Crippen LogP contribution in [0.4, 0.5) is 10.5 Å². The summed E-state index contributed by atoms with van der Waals surface area (Å²) in [6, 6.07) is 6.17. The van der Waals surface area contributed by atoms with Crippen LogP contribution in [0.1, 0.15) is 38.7 Å². The highest BCUT2D eigenvalue weighted by atomic mass is 35.5. The lowest BCUT2D eigenvalue weighted by Gasteiger charge is -2.38. The first-order valence-corrected chi connectivity index (χ1v) is 7.22. The van der Waals surface area contributed by atoms with E-state index in [2.05, 4.69) is 19.2 Å². The number of benzene rings is 1. The predicted molar refractivity (Wildman–Crippen MR) is 79.8 cm³/mol. The number of nitrogens with one attached hydrogen (secondary N) is 1. The Morgan fingerprint density at radius 1 is 1.32 bits per heavy atom. The molecule has 104 valence electrons. The number of piperidine rings is 1. The quantitative estimate of drug-likeness (QED) is 0.810. The van der Waals surface area contributed by atoms with Crippen LogP contribution in [0.25, 0.3) is 0 Å². The van der Waals surface area contributed by atoms with Gasteiger partial charge in [0.25, 0.3) is 0 Å². The van der Waals surface area contributed by atoms with Crippen LogP contribution in [-0.2, 0) is 0 Å². The van der Waals surface area contributed by atoms with E-state index in [0.29, 0.717) is 17.1 Å². The lowest BCUT2D eigenvalue weighted by Crippen LogP contribution is -2.49. The summed E-state index contributed by atoms with van der Waals surface area (Å²) in [5.41, 5.74) is 1.77. The second-order valence-corrected chi connectivity index (χ2v) is 5.84. The zero-order valence-corrected chi connectivity index (χ0v) is 12.5. The molecule has 2 atom stereocenters. The van der Waals surface area contributed by atoms with Gasteiger partial charge in [0.05, 0.1) is 0 Å². The molecule has 4 heteroatoms. The lowest BCUT2D eigenvalue weighted by atomic mass is 9.98. The number of anilines is 1. The lowest BCUT2D eigenvalue weighted by molar-refractivity contribution is 0.133. The molecule has 1 aliphatic heterocycles. The van der Waals surface area contributed by atoms with Gasteiger partial charge in [0.2, 0.25) is 0 Å². The Labute approximate surface area is 119 Å². The normalized spacial score (nSPS) is 23.3. The number of carbonyl (C=O) groups excluding carboxylic acids is 1. The molecule has 1 aromatic carbocycles. The summed E-state index contributed by atoms with van der Waals surface area (Å²) in [6.45, 7) is 6.16. The van der Waals surface area contributed by atoms with Gasteiger partial charge in [-0.15, -0.1) is 0 Å². The summed E-state index contributed by atoms with van der Waals surface area (Å²) in [6.07, 6.45) is 3.35. The molecular weight excluding hydrogens is 260 g/mol. The first-order chi connectivity index (χ1) is 8.99. The van der Waals surface area contributed by atoms with Crippen LogP contribution >= 0.6 is 11.6 Å². The summed E-state index contributed by atoms with van der Waals surface area (Å²) in [5.74, 6) is 0. The number of urea groups is 1. The Bertz CT molecular complexity index is 465. The maximum absolute atomic E-state index is 12.4. The molecule has 1 N–H and O–H groups in total. The van der Waals surface area contributed by atoms with Gasteiger partial charge in [-0.2, -0.15) is 0 Å². The van der Waals surface area contributed by atoms with Crippen molar-refractivity contribution < 1.29 is 4.79 Å². The number of aryl methyl sites for hydroxylation is 1. The number of halogens is 1. The molecule has 2 rings (SSSR count). The van der Waals surface area contributed by atoms with Gasteiger partial charge < -0.3 is 10.2 Å². The van der Waals surface area contributed by atoms with Gasteiger partial charge in [0, 0.05) is 22.8 Å². The van der Waals surface area contributed by atoms with Gasteiger partial charge in [-0.05, 0) is 57.7 Å². The molecule has 0 radical (unpaired) electrons. The standard InChI is InChI=1S/C15H21ClN2O/c1-10-7-8-13(9-14(10)16)17-15(19)18-11(2)5-4-6-12(18)3/h7-9,11-12H,4-6H2,1-3H3,(H,17,19)/t11-,12-/m0/s1. The Morgan fingerprint density at radius 2 is 1.95 bits per heavy atom. The van der Waals surface area contributed by atoms with Gasteiger partial charge in [-0.3, -0.25) is 0 Å². The van der Waals surface area contributed by atoms with Crippen LogP contribution < -0.4 is 5.32 Å². The molecule has 1 aliphatic rings. The number of rotatable bonds is 1. The molecule has 0 aliphatic carbocycles. The van der Waals surface area contributed by atoms with E-state index in [9.17, 15) is 4.79 Å². The Morgan fingerprint density at radius 3 is 2.53 bits per heavy atom. The van der Waals surface area contributed by atoms with Crippen molar-refractivity contribution in [2.24, 2.45) is 0 Å². The van der Waals surface area contributed by atoms with E-state index in [0.717, 1.165) is 24.1 Å². The van der Waals surface area contributed by atoms with Gasteiger partial charge in [-0.1, -0.05) is 17.7 Å². The Kier molecular flexibility index (Phi) is 4.35. The molecule has 0 aromatic heterocycles. The summed E-state index contributed by atoms with van der Waals surface area (Å²) in [5, 5.41) is 3.62. The minimum atomic E-state index is -0.0281. The van der Waals surface area contributed by atoms with Crippen LogP contribution in [0.15, 0.2) is 18.2 Å². The maximum atomic E-state index is 12.4. The van der Waals surface area contributed by atoms with Crippen molar-refractivity contribution in [3.63, 3.8) is 0 Å². The van der Waals surface area contributed by atoms with E-state index in [1.165, 1.54) is 6.42 Å². The summed E-state index contributed by atoms with van der Waals surface area (Å²) >= 11 is 6.08. The van der Waals surface area contributed by atoms with E-state index in [-0.39, 0.29) is 6.03 Å². The molecular formula is C15H21ClN2O. The topological polar surface area (TPSA) is 32.3 Å². The molecule has 3 nitrogen and oxygen atoms in total. The van der Waals surface area contributed by atoms with Crippen LogP contribution in [0.5, 0.6) is 0 Å². The van der Waals surface area contributed by atoms with E-state index in [1.807, 2.05) is 24.0 Å².